The molecule has 5 heteroatoms. The second-order valence-corrected chi connectivity index (χ2v) is 7.04. The van der Waals surface area contributed by atoms with E-state index in [0.717, 1.165) is 45.1 Å². The van der Waals surface area contributed by atoms with Crippen molar-refractivity contribution in [2.75, 3.05) is 26.3 Å². The monoisotopic (exact) mass is 309 g/mol. The van der Waals surface area contributed by atoms with Crippen LogP contribution in [0.3, 0.4) is 0 Å². The first-order chi connectivity index (χ1) is 10.1. The highest BCUT2D eigenvalue weighted by atomic mass is 32.1. The highest BCUT2D eigenvalue weighted by Gasteiger charge is 2.22. The lowest BCUT2D eigenvalue weighted by atomic mass is 9.92. The normalized spacial score (nSPS) is 17.8. The predicted molar refractivity (Wildman–Crippen MR) is 90.3 cm³/mol. The molecule has 4 nitrogen and oxygen atoms in total. The van der Waals surface area contributed by atoms with E-state index >= 15 is 0 Å². The Morgan fingerprint density at radius 3 is 2.81 bits per heavy atom. The molecule has 0 saturated carbocycles. The smallest absolute Gasteiger partial charge is 0.191 e. The molecule has 0 spiro atoms. The summed E-state index contributed by atoms with van der Waals surface area (Å²) in [5.41, 5.74) is 0.0756. The van der Waals surface area contributed by atoms with E-state index in [1.807, 2.05) is 0 Å². The number of guanidine groups is 1. The Labute approximate surface area is 132 Å². The Hall–Kier alpha value is -1.07. The molecule has 1 aliphatic heterocycles. The van der Waals surface area contributed by atoms with Gasteiger partial charge in [-0.25, -0.2) is 0 Å². The van der Waals surface area contributed by atoms with Gasteiger partial charge in [-0.3, -0.25) is 4.99 Å². The Balaban J connectivity index is 1.96. The second-order valence-electron chi connectivity index (χ2n) is 6.09. The molecular weight excluding hydrogens is 282 g/mol. The van der Waals surface area contributed by atoms with Crippen molar-refractivity contribution >= 4 is 17.3 Å². The van der Waals surface area contributed by atoms with Crippen molar-refractivity contribution in [1.82, 2.24) is 10.6 Å². The van der Waals surface area contributed by atoms with Crippen molar-refractivity contribution in [2.24, 2.45) is 4.99 Å². The van der Waals surface area contributed by atoms with Gasteiger partial charge >= 0.3 is 0 Å². The summed E-state index contributed by atoms with van der Waals surface area (Å²) in [7, 11) is 0. The molecule has 2 heterocycles. The van der Waals surface area contributed by atoms with Crippen molar-refractivity contribution in [1.29, 1.82) is 0 Å². The van der Waals surface area contributed by atoms with Crippen LogP contribution in [0.5, 0.6) is 0 Å². The molecule has 1 saturated heterocycles. The summed E-state index contributed by atoms with van der Waals surface area (Å²) >= 11 is 1.80. The molecule has 1 fully saturated rings. The van der Waals surface area contributed by atoms with Gasteiger partial charge in [-0.05, 0) is 31.2 Å². The van der Waals surface area contributed by atoms with E-state index < -0.39 is 0 Å². The fourth-order valence-corrected chi connectivity index (χ4v) is 3.22. The topological polar surface area (TPSA) is 45.7 Å². The molecule has 1 aromatic rings. The molecule has 1 aromatic heterocycles. The minimum Gasteiger partial charge on any atom is -0.381 e. The van der Waals surface area contributed by atoms with Crippen molar-refractivity contribution in [2.45, 2.75) is 45.1 Å². The van der Waals surface area contributed by atoms with Crippen LogP contribution in [0.1, 0.15) is 38.5 Å². The second kappa shape index (κ2) is 7.80. The molecule has 2 rings (SSSR count). The first kappa shape index (κ1) is 16.3. The quantitative estimate of drug-likeness (QED) is 0.649. The SMILES string of the molecule is CCNC(=NCC(C)(C)c1cccs1)NC1CCOCC1. The number of hydrogen-bond acceptors (Lipinski definition) is 3. The van der Waals surface area contributed by atoms with Gasteiger partial charge in [0.1, 0.15) is 0 Å². The van der Waals surface area contributed by atoms with Crippen LogP contribution in [0.15, 0.2) is 22.5 Å². The van der Waals surface area contributed by atoms with Crippen LogP contribution in [-0.2, 0) is 10.2 Å². The van der Waals surface area contributed by atoms with E-state index in [9.17, 15) is 0 Å². The number of nitrogens with zero attached hydrogens (tertiary/aromatic N) is 1. The van der Waals surface area contributed by atoms with E-state index in [1.165, 1.54) is 4.88 Å². The number of thiophene rings is 1. The maximum absolute atomic E-state index is 5.41. The van der Waals surface area contributed by atoms with Gasteiger partial charge < -0.3 is 15.4 Å². The summed E-state index contributed by atoms with van der Waals surface area (Å²) in [6, 6.07) is 4.78. The fraction of sp³-hybridized carbons (Fsp3) is 0.688. The predicted octanol–water partition coefficient (Wildman–Crippen LogP) is 2.76. The highest BCUT2D eigenvalue weighted by molar-refractivity contribution is 7.10. The molecule has 21 heavy (non-hydrogen) atoms. The first-order valence-corrected chi connectivity index (χ1v) is 8.66. The zero-order valence-corrected chi connectivity index (χ0v) is 14.1. The average Bonchev–Trinajstić information content (AvgIpc) is 3.01. The zero-order valence-electron chi connectivity index (χ0n) is 13.3. The first-order valence-electron chi connectivity index (χ1n) is 7.78. The highest BCUT2D eigenvalue weighted by Crippen LogP contribution is 2.27. The standard InChI is InChI=1S/C16H27N3OS/c1-4-17-15(19-13-7-9-20-10-8-13)18-12-16(2,3)14-6-5-11-21-14/h5-6,11,13H,4,7-10,12H2,1-3H3,(H2,17,18,19). The third kappa shape index (κ3) is 5.00. The molecule has 0 atom stereocenters. The summed E-state index contributed by atoms with van der Waals surface area (Å²) < 4.78 is 5.41. The van der Waals surface area contributed by atoms with Crippen molar-refractivity contribution < 1.29 is 4.74 Å². The lowest BCUT2D eigenvalue weighted by molar-refractivity contribution is 0.0822. The zero-order chi connectivity index (χ0) is 15.1. The number of aliphatic imine (C=N–C) groups is 1. The maximum Gasteiger partial charge on any atom is 0.191 e. The van der Waals surface area contributed by atoms with Crippen LogP contribution in [0.25, 0.3) is 0 Å². The van der Waals surface area contributed by atoms with Gasteiger partial charge in [-0.15, -0.1) is 11.3 Å². The summed E-state index contributed by atoms with van der Waals surface area (Å²) in [6.07, 6.45) is 2.11. The van der Waals surface area contributed by atoms with Gasteiger partial charge in [0.05, 0.1) is 6.54 Å². The Bertz CT molecular complexity index is 436. The van der Waals surface area contributed by atoms with Gasteiger partial charge in [0, 0.05) is 36.1 Å². The minimum atomic E-state index is 0.0756. The molecule has 0 aromatic carbocycles. The lowest BCUT2D eigenvalue weighted by Gasteiger charge is -2.26. The van der Waals surface area contributed by atoms with Crippen LogP contribution >= 0.6 is 11.3 Å². The third-order valence-electron chi connectivity index (χ3n) is 3.73. The van der Waals surface area contributed by atoms with Gasteiger partial charge in [0.2, 0.25) is 0 Å². The van der Waals surface area contributed by atoms with Gasteiger partial charge in [-0.1, -0.05) is 19.9 Å². The molecular formula is C16H27N3OS. The van der Waals surface area contributed by atoms with Crippen molar-refractivity contribution in [3.8, 4) is 0 Å². The Morgan fingerprint density at radius 2 is 2.19 bits per heavy atom. The molecule has 0 unspecified atom stereocenters. The van der Waals surface area contributed by atoms with E-state index in [4.69, 9.17) is 9.73 Å². The van der Waals surface area contributed by atoms with E-state index in [1.54, 1.807) is 11.3 Å². The summed E-state index contributed by atoms with van der Waals surface area (Å²) in [5, 5.41) is 9.02. The molecule has 0 radical (unpaired) electrons. The third-order valence-corrected chi connectivity index (χ3v) is 4.96. The van der Waals surface area contributed by atoms with Gasteiger partial charge in [-0.2, -0.15) is 0 Å². The van der Waals surface area contributed by atoms with Crippen molar-refractivity contribution in [3.63, 3.8) is 0 Å². The molecule has 0 amide bonds. The summed E-state index contributed by atoms with van der Waals surface area (Å²) in [4.78, 5) is 6.18. The number of ether oxygens (including phenoxy) is 1. The number of nitrogens with one attached hydrogen (secondary N) is 2. The van der Waals surface area contributed by atoms with E-state index in [2.05, 4.69) is 48.9 Å². The number of rotatable bonds is 5. The molecule has 1 aliphatic rings. The summed E-state index contributed by atoms with van der Waals surface area (Å²) in [6.45, 7) is 9.96. The van der Waals surface area contributed by atoms with Gasteiger partial charge in [0.15, 0.2) is 5.96 Å². The fourth-order valence-electron chi connectivity index (χ4n) is 2.37. The van der Waals surface area contributed by atoms with Crippen LogP contribution < -0.4 is 10.6 Å². The van der Waals surface area contributed by atoms with Crippen LogP contribution in [-0.4, -0.2) is 38.3 Å². The Kier molecular flexibility index (Phi) is 6.06. The largest absolute Gasteiger partial charge is 0.381 e. The molecule has 0 aliphatic carbocycles. The van der Waals surface area contributed by atoms with E-state index in [-0.39, 0.29) is 5.41 Å². The van der Waals surface area contributed by atoms with Crippen LogP contribution in [0.2, 0.25) is 0 Å². The summed E-state index contributed by atoms with van der Waals surface area (Å²) in [5.74, 6) is 0.925. The molecule has 0 bridgehead atoms. The molecule has 2 N–H and O–H groups in total. The number of hydrogen-bond donors (Lipinski definition) is 2. The maximum atomic E-state index is 5.41. The average molecular weight is 309 g/mol. The van der Waals surface area contributed by atoms with Gasteiger partial charge in [0.25, 0.3) is 0 Å². The lowest BCUT2D eigenvalue weighted by Crippen LogP contribution is -2.46. The van der Waals surface area contributed by atoms with Crippen LogP contribution in [0, 0.1) is 0 Å². The molecule has 118 valence electrons. The van der Waals surface area contributed by atoms with E-state index in [0.29, 0.717) is 6.04 Å². The minimum absolute atomic E-state index is 0.0756. The Morgan fingerprint density at radius 1 is 1.43 bits per heavy atom. The van der Waals surface area contributed by atoms with Crippen molar-refractivity contribution in [3.05, 3.63) is 22.4 Å². The van der Waals surface area contributed by atoms with Crippen LogP contribution in [0.4, 0.5) is 0 Å².